The summed E-state index contributed by atoms with van der Waals surface area (Å²) in [6.45, 7) is 2.24. The number of hydrogen-bond donors (Lipinski definition) is 3. The quantitative estimate of drug-likeness (QED) is 0.428. The Morgan fingerprint density at radius 3 is 2.48 bits per heavy atom. The van der Waals surface area contributed by atoms with E-state index in [1.807, 2.05) is 0 Å². The highest BCUT2D eigenvalue weighted by Crippen LogP contribution is 2.34. The van der Waals surface area contributed by atoms with Gasteiger partial charge in [-0.2, -0.15) is 0 Å². The molecule has 4 rings (SSSR count). The molecule has 3 N–H and O–H groups in total. The number of nitrogens with one attached hydrogen (secondary N) is 3. The minimum atomic E-state index is -0.530. The summed E-state index contributed by atoms with van der Waals surface area (Å²) in [6, 6.07) is 5.90. The summed E-state index contributed by atoms with van der Waals surface area (Å²) in [6.07, 6.45) is 4.19. The number of nitrogens with zero attached hydrogens (tertiary/aromatic N) is 1. The molecule has 2 aromatic carbocycles. The second-order valence-electron chi connectivity index (χ2n) is 7.95. The molecule has 1 heterocycles. The number of anilines is 2. The number of carbonyl (C=O) groups excluding carboxylic acids is 1. The number of amides is 1. The predicted molar refractivity (Wildman–Crippen MR) is 121 cm³/mol. The molecular formula is C22H23Cl2FN4O2. The molecule has 1 saturated carbocycles. The highest BCUT2D eigenvalue weighted by molar-refractivity contribution is 6.39. The number of aromatic amines is 1. The van der Waals surface area contributed by atoms with Crippen LogP contribution in [0.25, 0.3) is 11.0 Å². The van der Waals surface area contributed by atoms with Crippen LogP contribution in [-0.2, 0) is 0 Å². The van der Waals surface area contributed by atoms with E-state index < -0.39 is 5.82 Å². The summed E-state index contributed by atoms with van der Waals surface area (Å²) < 4.78 is 18.9. The first kappa shape index (κ1) is 21.7. The van der Waals surface area contributed by atoms with Crippen molar-refractivity contribution in [3.05, 3.63) is 45.7 Å². The average Bonchev–Trinajstić information content (AvgIpc) is 3.12. The van der Waals surface area contributed by atoms with Crippen LogP contribution >= 0.6 is 23.2 Å². The fourth-order valence-corrected chi connectivity index (χ4v) is 4.45. The van der Waals surface area contributed by atoms with Crippen molar-refractivity contribution >= 4 is 51.8 Å². The Morgan fingerprint density at radius 2 is 1.84 bits per heavy atom. The Balaban J connectivity index is 1.59. The number of hydrogen-bond acceptors (Lipinski definition) is 4. The van der Waals surface area contributed by atoms with Gasteiger partial charge in [0.25, 0.3) is 5.91 Å². The maximum Gasteiger partial charge on any atom is 0.255 e. The lowest BCUT2D eigenvalue weighted by Gasteiger charge is -2.27. The third-order valence-electron chi connectivity index (χ3n) is 5.65. The van der Waals surface area contributed by atoms with Gasteiger partial charge in [0.15, 0.2) is 0 Å². The minimum absolute atomic E-state index is 0.130. The van der Waals surface area contributed by atoms with E-state index in [9.17, 15) is 9.18 Å². The molecule has 0 aliphatic heterocycles. The molecule has 0 spiro atoms. The van der Waals surface area contributed by atoms with E-state index in [1.54, 1.807) is 12.1 Å². The molecule has 3 aromatic rings. The van der Waals surface area contributed by atoms with E-state index in [0.29, 0.717) is 39.9 Å². The lowest BCUT2D eigenvalue weighted by Crippen LogP contribution is -2.37. The minimum Gasteiger partial charge on any atom is -0.496 e. The Hall–Kier alpha value is -2.51. The molecule has 9 heteroatoms. The van der Waals surface area contributed by atoms with Gasteiger partial charge in [-0.1, -0.05) is 30.1 Å². The molecule has 1 fully saturated rings. The van der Waals surface area contributed by atoms with Crippen molar-refractivity contribution in [2.75, 3.05) is 12.4 Å². The molecule has 0 unspecified atom stereocenters. The molecule has 1 aliphatic rings. The van der Waals surface area contributed by atoms with Crippen LogP contribution < -0.4 is 15.4 Å². The number of fused-ring (bicyclic) bond motifs is 1. The van der Waals surface area contributed by atoms with Crippen molar-refractivity contribution in [2.45, 2.75) is 38.6 Å². The van der Waals surface area contributed by atoms with Gasteiger partial charge in [-0.25, -0.2) is 9.37 Å². The summed E-state index contributed by atoms with van der Waals surface area (Å²) in [5.74, 6) is 0.791. The number of H-pyrrole nitrogens is 1. The fourth-order valence-electron chi connectivity index (χ4n) is 3.89. The lowest BCUT2D eigenvalue weighted by atomic mass is 9.87. The zero-order valence-corrected chi connectivity index (χ0v) is 18.7. The smallest absolute Gasteiger partial charge is 0.255 e. The molecule has 0 saturated heterocycles. The third-order valence-corrected chi connectivity index (χ3v) is 6.25. The van der Waals surface area contributed by atoms with Crippen LogP contribution in [0.1, 0.15) is 43.0 Å². The molecule has 31 heavy (non-hydrogen) atoms. The molecule has 1 amide bonds. The van der Waals surface area contributed by atoms with Crippen molar-refractivity contribution in [2.24, 2.45) is 5.92 Å². The average molecular weight is 465 g/mol. The van der Waals surface area contributed by atoms with Crippen LogP contribution in [0.3, 0.4) is 0 Å². The van der Waals surface area contributed by atoms with Crippen molar-refractivity contribution in [1.29, 1.82) is 0 Å². The van der Waals surface area contributed by atoms with Gasteiger partial charge < -0.3 is 20.4 Å². The monoisotopic (exact) mass is 464 g/mol. The molecule has 0 radical (unpaired) electrons. The van der Waals surface area contributed by atoms with Crippen molar-refractivity contribution in [3.63, 3.8) is 0 Å². The van der Waals surface area contributed by atoms with Gasteiger partial charge in [-0.15, -0.1) is 0 Å². The largest absolute Gasteiger partial charge is 0.496 e. The SMILES string of the molecule is COc1cc2nc(Nc3c(Cl)cc(F)cc3Cl)[nH]c2cc1C(=O)NC1CCC(C)CC1. The third kappa shape index (κ3) is 4.72. The number of imidazole rings is 1. The van der Waals surface area contributed by atoms with Crippen LogP contribution in [0.5, 0.6) is 5.75 Å². The van der Waals surface area contributed by atoms with E-state index in [0.717, 1.165) is 37.8 Å². The zero-order chi connectivity index (χ0) is 22.1. The maximum absolute atomic E-state index is 13.4. The molecule has 0 bridgehead atoms. The summed E-state index contributed by atoms with van der Waals surface area (Å²) >= 11 is 12.2. The summed E-state index contributed by atoms with van der Waals surface area (Å²) in [5.41, 5.74) is 2.00. The number of halogens is 3. The topological polar surface area (TPSA) is 79.0 Å². The van der Waals surface area contributed by atoms with Crippen LogP contribution in [0.2, 0.25) is 10.0 Å². The highest BCUT2D eigenvalue weighted by atomic mass is 35.5. The standard InChI is InChI=1S/C22H23Cl2FN4O2/c1-11-3-5-13(6-4-11)26-21(30)14-9-17-18(10-19(14)31-2)28-22(27-17)29-20-15(23)7-12(25)8-16(20)24/h7-11,13H,3-6H2,1-2H3,(H,26,30)(H2,27,28,29). The summed E-state index contributed by atoms with van der Waals surface area (Å²) in [5, 5.41) is 6.36. The van der Waals surface area contributed by atoms with Crippen LogP contribution in [0, 0.1) is 11.7 Å². The van der Waals surface area contributed by atoms with Crippen molar-refractivity contribution < 1.29 is 13.9 Å². The Bertz CT molecular complexity index is 1100. The van der Waals surface area contributed by atoms with Crippen molar-refractivity contribution in [1.82, 2.24) is 15.3 Å². The maximum atomic E-state index is 13.4. The first-order valence-electron chi connectivity index (χ1n) is 10.1. The second-order valence-corrected chi connectivity index (χ2v) is 8.77. The van der Waals surface area contributed by atoms with E-state index in [-0.39, 0.29) is 22.0 Å². The molecule has 164 valence electrons. The van der Waals surface area contributed by atoms with Gasteiger partial charge in [0, 0.05) is 12.1 Å². The van der Waals surface area contributed by atoms with Gasteiger partial charge in [0.2, 0.25) is 5.95 Å². The van der Waals surface area contributed by atoms with Gasteiger partial charge >= 0.3 is 0 Å². The van der Waals surface area contributed by atoms with Gasteiger partial charge in [0.1, 0.15) is 11.6 Å². The molecule has 1 aromatic heterocycles. The van der Waals surface area contributed by atoms with E-state index >= 15 is 0 Å². The Labute approximate surface area is 189 Å². The number of aromatic nitrogens is 2. The first-order valence-corrected chi connectivity index (χ1v) is 10.9. The lowest BCUT2D eigenvalue weighted by molar-refractivity contribution is 0.0920. The normalized spacial score (nSPS) is 18.7. The van der Waals surface area contributed by atoms with E-state index in [2.05, 4.69) is 27.5 Å². The first-order chi connectivity index (χ1) is 14.8. The molecular weight excluding hydrogens is 442 g/mol. The van der Waals surface area contributed by atoms with Crippen LogP contribution in [0.4, 0.5) is 16.0 Å². The number of methoxy groups -OCH3 is 1. The fraction of sp³-hybridized carbons (Fsp3) is 0.364. The predicted octanol–water partition coefficient (Wildman–Crippen LogP) is 6.07. The molecule has 0 atom stereocenters. The zero-order valence-electron chi connectivity index (χ0n) is 17.2. The number of ether oxygens (including phenoxy) is 1. The second kappa shape index (κ2) is 8.93. The Kier molecular flexibility index (Phi) is 6.25. The number of rotatable bonds is 5. The van der Waals surface area contributed by atoms with E-state index in [1.165, 1.54) is 7.11 Å². The summed E-state index contributed by atoms with van der Waals surface area (Å²) in [7, 11) is 1.52. The molecule has 1 aliphatic carbocycles. The highest BCUT2D eigenvalue weighted by Gasteiger charge is 2.23. The van der Waals surface area contributed by atoms with Crippen molar-refractivity contribution in [3.8, 4) is 5.75 Å². The Morgan fingerprint density at radius 1 is 1.16 bits per heavy atom. The van der Waals surface area contributed by atoms with E-state index in [4.69, 9.17) is 27.9 Å². The van der Waals surface area contributed by atoms with Crippen LogP contribution in [0.15, 0.2) is 24.3 Å². The summed E-state index contributed by atoms with van der Waals surface area (Å²) in [4.78, 5) is 20.5. The molecule has 6 nitrogen and oxygen atoms in total. The van der Waals surface area contributed by atoms with Gasteiger partial charge in [-0.05, 0) is 49.8 Å². The van der Waals surface area contributed by atoms with Gasteiger partial charge in [-0.3, -0.25) is 4.79 Å². The van der Waals surface area contributed by atoms with Crippen LogP contribution in [-0.4, -0.2) is 29.0 Å². The number of benzene rings is 2. The number of carbonyl (C=O) groups is 1. The van der Waals surface area contributed by atoms with Gasteiger partial charge in [0.05, 0.1) is 39.4 Å².